The summed E-state index contributed by atoms with van der Waals surface area (Å²) >= 11 is 1.94. The number of benzene rings is 1. The van der Waals surface area contributed by atoms with Gasteiger partial charge < -0.3 is 0 Å². The quantitative estimate of drug-likeness (QED) is 0.165. The van der Waals surface area contributed by atoms with Crippen LogP contribution in [0.15, 0.2) is 41.3 Å². The zero-order valence-corrected chi connectivity index (χ0v) is 16.6. The first kappa shape index (κ1) is 21.4. The van der Waals surface area contributed by atoms with Crippen molar-refractivity contribution in [1.29, 1.82) is 0 Å². The predicted molar refractivity (Wildman–Crippen MR) is 111 cm³/mol. The average molecular weight is 346 g/mol. The van der Waals surface area contributed by atoms with E-state index in [4.69, 9.17) is 0 Å². The SMILES string of the molecule is CCCCCCCC/C=C\CCCCCCCSc1[c]cccc1. The number of thioether (sulfide) groups is 1. The lowest BCUT2D eigenvalue weighted by molar-refractivity contribution is 0.610. The molecule has 24 heavy (non-hydrogen) atoms. The minimum Gasteiger partial charge on any atom is -0.126 e. The van der Waals surface area contributed by atoms with Crippen LogP contribution in [-0.2, 0) is 0 Å². The first-order valence-electron chi connectivity index (χ1n) is 10.2. The highest BCUT2D eigenvalue weighted by molar-refractivity contribution is 7.99. The molecule has 0 N–H and O–H groups in total. The molecule has 0 fully saturated rings. The predicted octanol–water partition coefficient (Wildman–Crippen LogP) is 8.23. The normalized spacial score (nSPS) is 11.4. The van der Waals surface area contributed by atoms with Gasteiger partial charge in [-0.25, -0.2) is 0 Å². The minimum absolute atomic E-state index is 1.23. The Morgan fingerprint density at radius 2 is 1.42 bits per heavy atom. The molecule has 0 unspecified atom stereocenters. The molecular weight excluding hydrogens is 308 g/mol. The van der Waals surface area contributed by atoms with Gasteiger partial charge >= 0.3 is 0 Å². The highest BCUT2D eigenvalue weighted by atomic mass is 32.2. The summed E-state index contributed by atoms with van der Waals surface area (Å²) in [6.45, 7) is 2.28. The molecule has 0 nitrogen and oxygen atoms in total. The van der Waals surface area contributed by atoms with Crippen LogP contribution < -0.4 is 0 Å². The van der Waals surface area contributed by atoms with Crippen LogP contribution in [0.25, 0.3) is 0 Å². The van der Waals surface area contributed by atoms with E-state index in [9.17, 15) is 0 Å². The smallest absolute Gasteiger partial charge is 0.0151 e. The molecule has 1 rings (SSSR count). The van der Waals surface area contributed by atoms with Gasteiger partial charge in [-0.2, -0.15) is 0 Å². The molecule has 0 heterocycles. The number of rotatable bonds is 16. The van der Waals surface area contributed by atoms with Gasteiger partial charge in [0, 0.05) is 4.90 Å². The van der Waals surface area contributed by atoms with Crippen LogP contribution in [0.5, 0.6) is 0 Å². The van der Waals surface area contributed by atoms with Crippen molar-refractivity contribution < 1.29 is 0 Å². The molecule has 1 radical (unpaired) electrons. The lowest BCUT2D eigenvalue weighted by Gasteiger charge is -2.01. The number of hydrogen-bond acceptors (Lipinski definition) is 1. The van der Waals surface area contributed by atoms with Crippen LogP contribution in [-0.4, -0.2) is 5.75 Å². The third-order valence-corrected chi connectivity index (χ3v) is 5.40. The van der Waals surface area contributed by atoms with Gasteiger partial charge in [-0.1, -0.05) is 88.6 Å². The Balaban J connectivity index is 1.76. The van der Waals surface area contributed by atoms with Gasteiger partial charge in [0.25, 0.3) is 0 Å². The lowest BCUT2D eigenvalue weighted by Crippen LogP contribution is -1.83. The number of allylic oxidation sites excluding steroid dienone is 2. The standard InChI is InChI=1S/C23H37S/c1-2-3-4-5-6-7-8-9-10-11-12-13-14-15-19-22-24-23-20-17-16-18-21-23/h9-10,16-18,20H,2-8,11-15,19,22H2,1H3/b10-9-. The largest absolute Gasteiger partial charge is 0.126 e. The summed E-state index contributed by atoms with van der Waals surface area (Å²) in [5.74, 6) is 1.23. The van der Waals surface area contributed by atoms with Gasteiger partial charge in [0.2, 0.25) is 0 Å². The Bertz CT molecular complexity index is 382. The van der Waals surface area contributed by atoms with E-state index in [1.807, 2.05) is 23.9 Å². The molecule has 0 amide bonds. The van der Waals surface area contributed by atoms with E-state index in [2.05, 4.69) is 37.3 Å². The van der Waals surface area contributed by atoms with Crippen molar-refractivity contribution in [3.8, 4) is 0 Å². The summed E-state index contributed by atoms with van der Waals surface area (Å²) in [6.07, 6.45) is 22.7. The molecule has 0 aromatic heterocycles. The molecular formula is C23H37S. The number of hydrogen-bond donors (Lipinski definition) is 0. The van der Waals surface area contributed by atoms with Gasteiger partial charge in [-0.15, -0.1) is 11.8 Å². The third kappa shape index (κ3) is 13.7. The Hall–Kier alpha value is -0.690. The van der Waals surface area contributed by atoms with Gasteiger partial charge in [0.1, 0.15) is 0 Å². The molecule has 0 aliphatic heterocycles. The second-order valence-electron chi connectivity index (χ2n) is 6.66. The maximum absolute atomic E-state index is 3.28. The summed E-state index contributed by atoms with van der Waals surface area (Å²) in [5, 5.41) is 0. The van der Waals surface area contributed by atoms with E-state index in [0.29, 0.717) is 0 Å². The summed E-state index contributed by atoms with van der Waals surface area (Å²) < 4.78 is 0. The molecule has 0 aliphatic rings. The van der Waals surface area contributed by atoms with Crippen LogP contribution in [0.3, 0.4) is 0 Å². The minimum atomic E-state index is 1.23. The molecule has 0 saturated heterocycles. The van der Waals surface area contributed by atoms with Crippen molar-refractivity contribution in [1.82, 2.24) is 0 Å². The molecule has 0 aliphatic carbocycles. The summed E-state index contributed by atoms with van der Waals surface area (Å²) in [5.41, 5.74) is 0. The highest BCUT2D eigenvalue weighted by Crippen LogP contribution is 2.18. The van der Waals surface area contributed by atoms with Crippen LogP contribution in [0.4, 0.5) is 0 Å². The maximum atomic E-state index is 3.28. The summed E-state index contributed by atoms with van der Waals surface area (Å²) in [7, 11) is 0. The van der Waals surface area contributed by atoms with Crippen molar-refractivity contribution in [3.05, 3.63) is 42.5 Å². The second-order valence-corrected chi connectivity index (χ2v) is 7.80. The third-order valence-electron chi connectivity index (χ3n) is 4.34. The van der Waals surface area contributed by atoms with Crippen molar-refractivity contribution in [2.24, 2.45) is 0 Å². The molecule has 135 valence electrons. The van der Waals surface area contributed by atoms with Crippen LogP contribution in [0.2, 0.25) is 0 Å². The van der Waals surface area contributed by atoms with Crippen LogP contribution >= 0.6 is 11.8 Å². The van der Waals surface area contributed by atoms with E-state index in [1.165, 1.54) is 94.1 Å². The van der Waals surface area contributed by atoms with Gasteiger partial charge in [-0.05, 0) is 50.0 Å². The Morgan fingerprint density at radius 3 is 2.04 bits per heavy atom. The molecule has 0 saturated carbocycles. The van der Waals surface area contributed by atoms with Gasteiger partial charge in [0.05, 0.1) is 0 Å². The van der Waals surface area contributed by atoms with Gasteiger partial charge in [0.15, 0.2) is 0 Å². The average Bonchev–Trinajstić information content (AvgIpc) is 2.62. The zero-order chi connectivity index (χ0) is 17.1. The zero-order valence-electron chi connectivity index (χ0n) is 15.8. The lowest BCUT2D eigenvalue weighted by atomic mass is 10.1. The van der Waals surface area contributed by atoms with E-state index in [0.717, 1.165) is 0 Å². The monoisotopic (exact) mass is 345 g/mol. The Kier molecular flexibility index (Phi) is 15.3. The van der Waals surface area contributed by atoms with Crippen molar-refractivity contribution in [2.75, 3.05) is 5.75 Å². The van der Waals surface area contributed by atoms with E-state index < -0.39 is 0 Å². The fraction of sp³-hybridized carbons (Fsp3) is 0.652. The summed E-state index contributed by atoms with van der Waals surface area (Å²) in [6, 6.07) is 11.6. The molecule has 0 spiro atoms. The first-order valence-corrected chi connectivity index (χ1v) is 11.2. The highest BCUT2D eigenvalue weighted by Gasteiger charge is 1.94. The Morgan fingerprint density at radius 1 is 0.792 bits per heavy atom. The van der Waals surface area contributed by atoms with Crippen LogP contribution in [0, 0.1) is 6.07 Å². The van der Waals surface area contributed by atoms with Crippen molar-refractivity contribution in [3.63, 3.8) is 0 Å². The first-order chi connectivity index (χ1) is 11.9. The summed E-state index contributed by atoms with van der Waals surface area (Å²) in [4.78, 5) is 1.29. The van der Waals surface area contributed by atoms with E-state index in [-0.39, 0.29) is 0 Å². The molecule has 0 bridgehead atoms. The molecule has 0 atom stereocenters. The van der Waals surface area contributed by atoms with Crippen molar-refractivity contribution in [2.45, 2.75) is 95.3 Å². The van der Waals surface area contributed by atoms with Crippen molar-refractivity contribution >= 4 is 11.8 Å². The Labute approximate surface area is 155 Å². The molecule has 1 heteroatoms. The fourth-order valence-electron chi connectivity index (χ4n) is 2.82. The topological polar surface area (TPSA) is 0 Å². The van der Waals surface area contributed by atoms with E-state index >= 15 is 0 Å². The molecule has 1 aromatic carbocycles. The van der Waals surface area contributed by atoms with Gasteiger partial charge in [-0.3, -0.25) is 0 Å². The maximum Gasteiger partial charge on any atom is 0.0151 e. The molecule has 1 aromatic rings. The second kappa shape index (κ2) is 17.1. The van der Waals surface area contributed by atoms with Crippen LogP contribution in [0.1, 0.15) is 90.4 Å². The van der Waals surface area contributed by atoms with E-state index in [1.54, 1.807) is 0 Å². The number of unbranched alkanes of at least 4 members (excludes halogenated alkanes) is 11. The fourth-order valence-corrected chi connectivity index (χ4v) is 3.72.